The number of hydrogen-bond donors (Lipinski definition) is 0. The van der Waals surface area contributed by atoms with Crippen LogP contribution in [0.4, 0.5) is 24.5 Å². The van der Waals surface area contributed by atoms with E-state index in [9.17, 15) is 23.3 Å². The van der Waals surface area contributed by atoms with Crippen molar-refractivity contribution < 1.29 is 18.1 Å². The quantitative estimate of drug-likeness (QED) is 0.444. The molecule has 0 aliphatic rings. The lowest BCUT2D eigenvalue weighted by atomic mass is 10.1. The summed E-state index contributed by atoms with van der Waals surface area (Å²) >= 11 is 8.47. The summed E-state index contributed by atoms with van der Waals surface area (Å²) in [4.78, 5) is 11.6. The highest BCUT2D eigenvalue weighted by molar-refractivity contribution is 9.10. The number of halogens is 5. The van der Waals surface area contributed by atoms with Gasteiger partial charge in [-0.3, -0.25) is 10.1 Å². The predicted molar refractivity (Wildman–Crippen MR) is 74.4 cm³/mol. The highest BCUT2D eigenvalue weighted by Crippen LogP contribution is 2.41. The molecule has 20 heavy (non-hydrogen) atoms. The Labute approximate surface area is 126 Å². The number of alkyl halides is 4. The van der Waals surface area contributed by atoms with Gasteiger partial charge in [-0.05, 0) is 13.0 Å². The first-order valence-electron chi connectivity index (χ1n) is 5.43. The van der Waals surface area contributed by atoms with Crippen molar-refractivity contribution in [3.63, 3.8) is 0 Å². The standard InChI is InChI=1S/C11H11BrClF3N2O2/c1-6(5-13)17(2)9-4-8(12)7(11(14,15)16)3-10(9)18(19)20/h3-4,6H,5H2,1-2H3. The minimum atomic E-state index is -4.67. The van der Waals surface area contributed by atoms with E-state index in [2.05, 4.69) is 15.9 Å². The molecule has 1 unspecified atom stereocenters. The predicted octanol–water partition coefficient (Wildman–Crippen LogP) is 4.44. The van der Waals surface area contributed by atoms with E-state index in [0.29, 0.717) is 6.07 Å². The maximum atomic E-state index is 12.8. The van der Waals surface area contributed by atoms with Gasteiger partial charge in [-0.1, -0.05) is 15.9 Å². The molecule has 0 aromatic heterocycles. The number of rotatable bonds is 4. The monoisotopic (exact) mass is 374 g/mol. The van der Waals surface area contributed by atoms with Crippen LogP contribution in [0.5, 0.6) is 0 Å². The van der Waals surface area contributed by atoms with E-state index in [4.69, 9.17) is 11.6 Å². The topological polar surface area (TPSA) is 46.4 Å². The molecule has 112 valence electrons. The van der Waals surface area contributed by atoms with Gasteiger partial charge in [0.05, 0.1) is 10.5 Å². The summed E-state index contributed by atoms with van der Waals surface area (Å²) in [6, 6.07) is 1.35. The smallest absolute Gasteiger partial charge is 0.365 e. The van der Waals surface area contributed by atoms with Gasteiger partial charge in [-0.2, -0.15) is 13.2 Å². The van der Waals surface area contributed by atoms with E-state index < -0.39 is 22.4 Å². The van der Waals surface area contributed by atoms with Crippen molar-refractivity contribution in [3.8, 4) is 0 Å². The lowest BCUT2D eigenvalue weighted by Crippen LogP contribution is -2.30. The zero-order valence-electron chi connectivity index (χ0n) is 10.5. The number of anilines is 1. The molecule has 0 N–H and O–H groups in total. The van der Waals surface area contributed by atoms with E-state index in [-0.39, 0.29) is 22.1 Å². The fraction of sp³-hybridized carbons (Fsp3) is 0.455. The molecule has 0 aliphatic carbocycles. The van der Waals surface area contributed by atoms with Crippen LogP contribution in [0.15, 0.2) is 16.6 Å². The highest BCUT2D eigenvalue weighted by Gasteiger charge is 2.36. The molecule has 0 saturated heterocycles. The second-order valence-electron chi connectivity index (χ2n) is 4.19. The van der Waals surface area contributed by atoms with Gasteiger partial charge in [0.1, 0.15) is 5.69 Å². The maximum absolute atomic E-state index is 12.8. The molecule has 0 saturated carbocycles. The molecule has 1 aromatic carbocycles. The normalized spacial score (nSPS) is 13.2. The Kier molecular flexibility index (Phi) is 5.26. The van der Waals surface area contributed by atoms with E-state index in [1.807, 2.05) is 0 Å². The third-order valence-corrected chi connectivity index (χ3v) is 3.93. The van der Waals surface area contributed by atoms with Gasteiger partial charge < -0.3 is 4.90 Å². The van der Waals surface area contributed by atoms with Gasteiger partial charge in [-0.25, -0.2) is 0 Å². The Hall–Kier alpha value is -1.02. The largest absolute Gasteiger partial charge is 0.417 e. The Morgan fingerprint density at radius 2 is 2.05 bits per heavy atom. The number of hydrogen-bond acceptors (Lipinski definition) is 3. The first kappa shape index (κ1) is 17.0. The minimum Gasteiger partial charge on any atom is -0.365 e. The fourth-order valence-electron chi connectivity index (χ4n) is 1.54. The van der Waals surface area contributed by atoms with Crippen molar-refractivity contribution in [3.05, 3.63) is 32.3 Å². The summed E-state index contributed by atoms with van der Waals surface area (Å²) in [5.41, 5.74) is -1.62. The fourth-order valence-corrected chi connectivity index (χ4v) is 2.30. The van der Waals surface area contributed by atoms with Crippen LogP contribution in [0.1, 0.15) is 12.5 Å². The molecule has 0 bridgehead atoms. The first-order valence-corrected chi connectivity index (χ1v) is 6.76. The molecular weight excluding hydrogens is 364 g/mol. The molecule has 0 spiro atoms. The van der Waals surface area contributed by atoms with E-state index in [1.54, 1.807) is 6.92 Å². The Bertz CT molecular complexity index is 525. The summed E-state index contributed by atoms with van der Waals surface area (Å²) in [5.74, 6) is 0.187. The summed E-state index contributed by atoms with van der Waals surface area (Å²) in [6.45, 7) is 1.71. The van der Waals surface area contributed by atoms with Crippen LogP contribution in [0.2, 0.25) is 0 Å². The molecule has 1 aromatic rings. The van der Waals surface area contributed by atoms with Gasteiger partial charge in [0, 0.05) is 29.5 Å². The summed E-state index contributed by atoms with van der Waals surface area (Å²) < 4.78 is 38.0. The van der Waals surface area contributed by atoms with Crippen molar-refractivity contribution in [2.45, 2.75) is 19.1 Å². The number of nitro groups is 1. The number of nitro benzene ring substituents is 1. The van der Waals surface area contributed by atoms with Crippen LogP contribution in [-0.4, -0.2) is 23.9 Å². The molecule has 0 amide bonds. The van der Waals surface area contributed by atoms with Crippen LogP contribution in [-0.2, 0) is 6.18 Å². The Balaban J connectivity index is 3.47. The van der Waals surface area contributed by atoms with Crippen molar-refractivity contribution in [1.29, 1.82) is 0 Å². The molecule has 0 heterocycles. The van der Waals surface area contributed by atoms with Gasteiger partial charge in [0.15, 0.2) is 0 Å². The van der Waals surface area contributed by atoms with Gasteiger partial charge in [0.2, 0.25) is 0 Å². The van der Waals surface area contributed by atoms with Crippen molar-refractivity contribution in [1.82, 2.24) is 0 Å². The third kappa shape index (κ3) is 3.54. The van der Waals surface area contributed by atoms with Crippen LogP contribution < -0.4 is 4.90 Å². The summed E-state index contributed by atoms with van der Waals surface area (Å²) in [7, 11) is 1.54. The maximum Gasteiger partial charge on any atom is 0.417 e. The molecule has 1 atom stereocenters. The average molecular weight is 376 g/mol. The van der Waals surface area contributed by atoms with Crippen molar-refractivity contribution in [2.24, 2.45) is 0 Å². The van der Waals surface area contributed by atoms with E-state index in [1.165, 1.54) is 11.9 Å². The van der Waals surface area contributed by atoms with E-state index >= 15 is 0 Å². The van der Waals surface area contributed by atoms with Crippen LogP contribution in [0.3, 0.4) is 0 Å². The second-order valence-corrected chi connectivity index (χ2v) is 5.35. The number of benzene rings is 1. The third-order valence-electron chi connectivity index (χ3n) is 2.83. The number of nitrogens with zero attached hydrogens (tertiary/aromatic N) is 2. The minimum absolute atomic E-state index is 0.0722. The summed E-state index contributed by atoms with van der Waals surface area (Å²) in [6.07, 6.45) is -4.67. The second kappa shape index (κ2) is 6.17. The molecule has 4 nitrogen and oxygen atoms in total. The summed E-state index contributed by atoms with van der Waals surface area (Å²) in [5, 5.41) is 11.0. The van der Waals surface area contributed by atoms with Crippen molar-refractivity contribution in [2.75, 3.05) is 17.8 Å². The zero-order chi connectivity index (χ0) is 15.7. The molecule has 0 aliphatic heterocycles. The molecule has 0 fully saturated rings. The molecular formula is C11H11BrClF3N2O2. The van der Waals surface area contributed by atoms with Gasteiger partial charge >= 0.3 is 6.18 Å². The first-order chi connectivity index (χ1) is 9.09. The van der Waals surface area contributed by atoms with Crippen molar-refractivity contribution >= 4 is 38.9 Å². The highest BCUT2D eigenvalue weighted by atomic mass is 79.9. The van der Waals surface area contributed by atoms with Crippen LogP contribution in [0, 0.1) is 10.1 Å². The van der Waals surface area contributed by atoms with Crippen LogP contribution in [0.25, 0.3) is 0 Å². The molecule has 9 heteroatoms. The van der Waals surface area contributed by atoms with Gasteiger partial charge in [-0.15, -0.1) is 11.6 Å². The SMILES string of the molecule is CC(CCl)N(C)c1cc(Br)c(C(F)(F)F)cc1[N+](=O)[O-]. The van der Waals surface area contributed by atoms with E-state index in [0.717, 1.165) is 6.07 Å². The molecule has 0 radical (unpaired) electrons. The lowest BCUT2D eigenvalue weighted by molar-refractivity contribution is -0.384. The lowest BCUT2D eigenvalue weighted by Gasteiger charge is -2.25. The Morgan fingerprint density at radius 3 is 2.45 bits per heavy atom. The molecule has 1 rings (SSSR count). The van der Waals surface area contributed by atoms with Crippen LogP contribution >= 0.6 is 27.5 Å². The average Bonchev–Trinajstić information content (AvgIpc) is 2.34. The Morgan fingerprint density at radius 1 is 1.50 bits per heavy atom. The van der Waals surface area contributed by atoms with Gasteiger partial charge in [0.25, 0.3) is 5.69 Å². The zero-order valence-corrected chi connectivity index (χ0v) is 12.9.